The van der Waals surface area contributed by atoms with Gasteiger partial charge in [0.25, 0.3) is 0 Å². The summed E-state index contributed by atoms with van der Waals surface area (Å²) in [4.78, 5) is 12.9. The van der Waals surface area contributed by atoms with Crippen LogP contribution < -0.4 is 5.46 Å². The number of carbonyl (C=O) groups is 1. The summed E-state index contributed by atoms with van der Waals surface area (Å²) in [6.07, 6.45) is 3.22. The zero-order valence-electron chi connectivity index (χ0n) is 11.4. The van der Waals surface area contributed by atoms with Gasteiger partial charge < -0.3 is 4.52 Å². The highest BCUT2D eigenvalue weighted by atomic mass is 16.5. The predicted molar refractivity (Wildman–Crippen MR) is 75.6 cm³/mol. The zero-order chi connectivity index (χ0) is 13.9. The van der Waals surface area contributed by atoms with Gasteiger partial charge in [-0.25, -0.2) is 0 Å². The Balaban J connectivity index is 1.78. The van der Waals surface area contributed by atoms with Crippen molar-refractivity contribution in [3.63, 3.8) is 0 Å². The fourth-order valence-electron chi connectivity index (χ4n) is 3.68. The van der Waals surface area contributed by atoms with Crippen molar-refractivity contribution in [1.29, 1.82) is 0 Å². The van der Waals surface area contributed by atoms with Gasteiger partial charge in [0.1, 0.15) is 13.6 Å². The van der Waals surface area contributed by atoms with Gasteiger partial charge >= 0.3 is 0 Å². The van der Waals surface area contributed by atoms with Crippen LogP contribution in [0.3, 0.4) is 0 Å². The smallest absolute Gasteiger partial charge is 0.169 e. The molecule has 0 saturated carbocycles. The molecule has 20 heavy (non-hydrogen) atoms. The standard InChI is InChI=1S/C16H14BNO2/c1-9-13-8-16(5-4-14(13)18-20-9)7-10-2-3-11(17)6-12(10)15(16)19/h2-3,6H,4-5,7-8H2,1H3. The molecule has 2 aliphatic carbocycles. The van der Waals surface area contributed by atoms with Crippen LogP contribution in [0.4, 0.5) is 0 Å². The molecule has 0 bridgehead atoms. The van der Waals surface area contributed by atoms with Gasteiger partial charge in [-0.15, -0.1) is 0 Å². The third-order valence-corrected chi connectivity index (χ3v) is 4.81. The Kier molecular flexibility index (Phi) is 2.30. The molecule has 0 aliphatic heterocycles. The highest BCUT2D eigenvalue weighted by Crippen LogP contribution is 2.46. The quantitative estimate of drug-likeness (QED) is 0.679. The molecule has 1 spiro atoms. The number of nitrogens with zero attached hydrogens (tertiary/aromatic N) is 1. The van der Waals surface area contributed by atoms with Crippen LogP contribution in [-0.4, -0.2) is 18.8 Å². The fraction of sp³-hybridized carbons (Fsp3) is 0.375. The molecule has 0 amide bonds. The van der Waals surface area contributed by atoms with Crippen LogP contribution in [0, 0.1) is 12.3 Å². The van der Waals surface area contributed by atoms with Gasteiger partial charge in [0.2, 0.25) is 0 Å². The number of ketones is 1. The molecule has 1 unspecified atom stereocenters. The molecule has 2 aromatic rings. The second-order valence-corrected chi connectivity index (χ2v) is 6.04. The molecule has 3 nitrogen and oxygen atoms in total. The topological polar surface area (TPSA) is 43.1 Å². The Hall–Kier alpha value is -1.84. The SMILES string of the molecule is [B]c1ccc2c(c1)C(=O)C1(CCc3noc(C)c3C1)C2. The lowest BCUT2D eigenvalue weighted by Gasteiger charge is -2.30. The van der Waals surface area contributed by atoms with Crippen molar-refractivity contribution in [3.8, 4) is 0 Å². The maximum absolute atomic E-state index is 12.9. The molecule has 0 saturated heterocycles. The van der Waals surface area contributed by atoms with Gasteiger partial charge in [0.15, 0.2) is 5.78 Å². The van der Waals surface area contributed by atoms with E-state index in [4.69, 9.17) is 12.4 Å². The molecule has 1 aromatic carbocycles. The van der Waals surface area contributed by atoms with E-state index in [2.05, 4.69) is 5.16 Å². The molecule has 1 heterocycles. The van der Waals surface area contributed by atoms with Crippen molar-refractivity contribution in [3.05, 3.63) is 46.3 Å². The lowest BCUT2D eigenvalue weighted by Crippen LogP contribution is -2.34. The van der Waals surface area contributed by atoms with Gasteiger partial charge in [-0.1, -0.05) is 28.8 Å². The minimum atomic E-state index is -0.306. The van der Waals surface area contributed by atoms with Gasteiger partial charge in [-0.2, -0.15) is 0 Å². The van der Waals surface area contributed by atoms with E-state index in [0.29, 0.717) is 5.46 Å². The van der Waals surface area contributed by atoms with Crippen molar-refractivity contribution in [2.75, 3.05) is 0 Å². The lowest BCUT2D eigenvalue weighted by molar-refractivity contribution is 0.0794. The summed E-state index contributed by atoms with van der Waals surface area (Å²) in [6.45, 7) is 1.93. The number of benzene rings is 1. The van der Waals surface area contributed by atoms with E-state index in [1.165, 1.54) is 0 Å². The average molecular weight is 263 g/mol. The number of rotatable bonds is 0. The van der Waals surface area contributed by atoms with Crippen LogP contribution >= 0.6 is 0 Å². The summed E-state index contributed by atoms with van der Waals surface area (Å²) in [5.74, 6) is 1.09. The minimum absolute atomic E-state index is 0.242. The highest BCUT2D eigenvalue weighted by Gasteiger charge is 2.48. The van der Waals surface area contributed by atoms with E-state index in [-0.39, 0.29) is 11.2 Å². The van der Waals surface area contributed by atoms with E-state index in [1.807, 2.05) is 25.1 Å². The monoisotopic (exact) mass is 263 g/mol. The summed E-state index contributed by atoms with van der Waals surface area (Å²) in [7, 11) is 5.82. The number of aryl methyl sites for hydroxylation is 2. The van der Waals surface area contributed by atoms with E-state index >= 15 is 0 Å². The first-order chi connectivity index (χ1) is 9.59. The van der Waals surface area contributed by atoms with E-state index < -0.39 is 0 Å². The third-order valence-electron chi connectivity index (χ3n) is 4.81. The normalized spacial score (nSPS) is 23.9. The third kappa shape index (κ3) is 1.48. The zero-order valence-corrected chi connectivity index (χ0v) is 11.4. The molecular weight excluding hydrogens is 249 g/mol. The number of hydrogen-bond donors (Lipinski definition) is 0. The average Bonchev–Trinajstić information content (AvgIpc) is 2.92. The first-order valence-electron chi connectivity index (χ1n) is 6.96. The highest BCUT2D eigenvalue weighted by molar-refractivity contribution is 6.33. The van der Waals surface area contributed by atoms with Crippen molar-refractivity contribution in [2.45, 2.75) is 32.6 Å². The molecule has 1 aromatic heterocycles. The number of Topliss-reactive ketones (excluding diaryl/α,β-unsaturated/α-hetero) is 1. The summed E-state index contributed by atoms with van der Waals surface area (Å²) in [6, 6.07) is 5.69. The Bertz CT molecular complexity index is 734. The Labute approximate surface area is 118 Å². The molecule has 0 N–H and O–H groups in total. The number of carbonyl (C=O) groups excluding carboxylic acids is 1. The number of aromatic nitrogens is 1. The summed E-state index contributed by atoms with van der Waals surface area (Å²) in [5.41, 5.74) is 4.44. The molecule has 4 rings (SSSR count). The maximum Gasteiger partial charge on any atom is 0.169 e. The summed E-state index contributed by atoms with van der Waals surface area (Å²) >= 11 is 0. The van der Waals surface area contributed by atoms with E-state index in [0.717, 1.165) is 53.8 Å². The molecule has 2 aliphatic rings. The van der Waals surface area contributed by atoms with Crippen LogP contribution in [0.5, 0.6) is 0 Å². The minimum Gasteiger partial charge on any atom is -0.361 e. The van der Waals surface area contributed by atoms with Gasteiger partial charge in [-0.3, -0.25) is 4.79 Å². The summed E-state index contributed by atoms with van der Waals surface area (Å²) < 4.78 is 5.27. The van der Waals surface area contributed by atoms with Gasteiger partial charge in [-0.05, 0) is 38.2 Å². The lowest BCUT2D eigenvalue weighted by atomic mass is 9.70. The second-order valence-electron chi connectivity index (χ2n) is 6.04. The van der Waals surface area contributed by atoms with Crippen molar-refractivity contribution in [1.82, 2.24) is 5.16 Å². The molecule has 98 valence electrons. The first kappa shape index (κ1) is 11.9. The van der Waals surface area contributed by atoms with Crippen LogP contribution in [-0.2, 0) is 19.3 Å². The van der Waals surface area contributed by atoms with Gasteiger partial charge in [0.05, 0.1) is 5.69 Å². The van der Waals surface area contributed by atoms with Crippen LogP contribution in [0.1, 0.15) is 39.4 Å². The van der Waals surface area contributed by atoms with Crippen LogP contribution in [0.2, 0.25) is 0 Å². The van der Waals surface area contributed by atoms with Crippen LogP contribution in [0.25, 0.3) is 0 Å². The molecule has 1 atom stereocenters. The first-order valence-corrected chi connectivity index (χ1v) is 6.96. The molecule has 0 fully saturated rings. The van der Waals surface area contributed by atoms with Gasteiger partial charge in [0, 0.05) is 16.5 Å². The number of hydrogen-bond acceptors (Lipinski definition) is 3. The van der Waals surface area contributed by atoms with Crippen molar-refractivity contribution in [2.24, 2.45) is 5.41 Å². The van der Waals surface area contributed by atoms with Crippen molar-refractivity contribution >= 4 is 19.1 Å². The second kappa shape index (κ2) is 3.84. The predicted octanol–water partition coefficient (Wildman–Crippen LogP) is 1.69. The fourth-order valence-corrected chi connectivity index (χ4v) is 3.68. The molecule has 2 radical (unpaired) electrons. The van der Waals surface area contributed by atoms with Crippen LogP contribution in [0.15, 0.2) is 22.7 Å². The number of fused-ring (bicyclic) bond motifs is 2. The Morgan fingerprint density at radius 2 is 2.20 bits per heavy atom. The Morgan fingerprint density at radius 3 is 3.05 bits per heavy atom. The molecule has 4 heteroatoms. The molecular formula is C16H14BNO2. The van der Waals surface area contributed by atoms with Crippen molar-refractivity contribution < 1.29 is 9.32 Å². The summed E-state index contributed by atoms with van der Waals surface area (Å²) in [5, 5.41) is 4.09. The van der Waals surface area contributed by atoms with E-state index in [9.17, 15) is 4.79 Å². The van der Waals surface area contributed by atoms with E-state index in [1.54, 1.807) is 0 Å². The largest absolute Gasteiger partial charge is 0.361 e. The Morgan fingerprint density at radius 1 is 1.35 bits per heavy atom. The maximum atomic E-state index is 12.9.